The molecule has 1 rings (SSSR count). The van der Waals surface area contributed by atoms with Gasteiger partial charge in [0.2, 0.25) is 10.0 Å². The zero-order valence-corrected chi connectivity index (χ0v) is 11.6. The van der Waals surface area contributed by atoms with Crippen molar-refractivity contribution < 1.29 is 13.5 Å². The van der Waals surface area contributed by atoms with Crippen LogP contribution in [0.1, 0.15) is 11.7 Å². The number of hydrogen-bond acceptors (Lipinski definition) is 3. The number of benzene rings is 1. The normalized spacial score (nSPS) is 13.5. The van der Waals surface area contributed by atoms with Crippen LogP contribution in [0.5, 0.6) is 0 Å². The van der Waals surface area contributed by atoms with Gasteiger partial charge in [0.1, 0.15) is 0 Å². The minimum Gasteiger partial charge on any atom is -0.388 e. The molecule has 0 saturated heterocycles. The fourth-order valence-corrected chi connectivity index (χ4v) is 2.28. The Labute approximate surface area is 108 Å². The first-order valence-corrected chi connectivity index (χ1v) is 7.74. The van der Waals surface area contributed by atoms with Gasteiger partial charge in [-0.1, -0.05) is 33.6 Å². The minimum absolute atomic E-state index is 0.265. The highest BCUT2D eigenvalue weighted by Gasteiger charge is 2.11. The summed E-state index contributed by atoms with van der Waals surface area (Å²) in [7, 11) is -3.38. The highest BCUT2D eigenvalue weighted by Crippen LogP contribution is 2.27. The Morgan fingerprint density at radius 2 is 2.19 bits per heavy atom. The molecule has 7 heteroatoms. The third-order valence-corrected chi connectivity index (χ3v) is 3.35. The van der Waals surface area contributed by atoms with E-state index in [2.05, 4.69) is 20.7 Å². The fourth-order valence-electron chi connectivity index (χ4n) is 1.12. The lowest BCUT2D eigenvalue weighted by Crippen LogP contribution is -2.10. The molecule has 1 atom stereocenters. The van der Waals surface area contributed by atoms with Gasteiger partial charge in [-0.3, -0.25) is 4.72 Å². The number of aliphatic hydroxyl groups is 1. The summed E-state index contributed by atoms with van der Waals surface area (Å²) >= 11 is 8.96. The summed E-state index contributed by atoms with van der Waals surface area (Å²) in [5, 5.41) is 10.2. The summed E-state index contributed by atoms with van der Waals surface area (Å²) in [6.45, 7) is 0. The van der Waals surface area contributed by atoms with Crippen molar-refractivity contribution in [1.29, 1.82) is 0 Å². The first kappa shape index (κ1) is 13.8. The maximum atomic E-state index is 11.1. The molecule has 0 heterocycles. The molecule has 0 radical (unpaired) electrons. The van der Waals surface area contributed by atoms with Crippen molar-refractivity contribution in [3.05, 3.63) is 28.8 Å². The van der Waals surface area contributed by atoms with Crippen molar-refractivity contribution in [1.82, 2.24) is 0 Å². The Morgan fingerprint density at radius 3 is 2.69 bits per heavy atom. The Hall–Kier alpha value is -0.300. The molecule has 0 spiro atoms. The van der Waals surface area contributed by atoms with E-state index >= 15 is 0 Å². The third kappa shape index (κ3) is 3.93. The van der Waals surface area contributed by atoms with Crippen LogP contribution in [-0.2, 0) is 10.0 Å². The number of alkyl halides is 1. The topological polar surface area (TPSA) is 66.4 Å². The molecule has 0 aliphatic rings. The molecule has 0 amide bonds. The lowest BCUT2D eigenvalue weighted by atomic mass is 10.1. The second-order valence-electron chi connectivity index (χ2n) is 3.28. The van der Waals surface area contributed by atoms with Crippen molar-refractivity contribution in [2.45, 2.75) is 6.10 Å². The van der Waals surface area contributed by atoms with E-state index in [0.717, 1.165) is 6.26 Å². The van der Waals surface area contributed by atoms with Gasteiger partial charge in [-0.15, -0.1) is 0 Å². The van der Waals surface area contributed by atoms with Gasteiger partial charge in [-0.05, 0) is 17.7 Å². The zero-order chi connectivity index (χ0) is 12.3. The fraction of sp³-hybridized carbons (Fsp3) is 0.333. The number of anilines is 1. The van der Waals surface area contributed by atoms with Gasteiger partial charge in [0, 0.05) is 5.33 Å². The van der Waals surface area contributed by atoms with Gasteiger partial charge in [0.25, 0.3) is 0 Å². The van der Waals surface area contributed by atoms with Gasteiger partial charge in [0.15, 0.2) is 0 Å². The predicted octanol–water partition coefficient (Wildman–Crippen LogP) is 2.14. The zero-order valence-electron chi connectivity index (χ0n) is 8.44. The van der Waals surface area contributed by atoms with E-state index in [9.17, 15) is 13.5 Å². The number of sulfonamides is 1. The third-order valence-electron chi connectivity index (χ3n) is 1.82. The number of hydrogen-bond donors (Lipinski definition) is 2. The lowest BCUT2D eigenvalue weighted by molar-refractivity contribution is 0.205. The van der Waals surface area contributed by atoms with Crippen LogP contribution in [0.2, 0.25) is 5.02 Å². The van der Waals surface area contributed by atoms with Gasteiger partial charge < -0.3 is 5.11 Å². The predicted molar refractivity (Wildman–Crippen MR) is 68.7 cm³/mol. The molecular formula is C9H11BrClNO3S. The van der Waals surface area contributed by atoms with Crippen molar-refractivity contribution in [2.75, 3.05) is 16.3 Å². The molecule has 2 N–H and O–H groups in total. The molecule has 16 heavy (non-hydrogen) atoms. The Kier molecular flexibility index (Phi) is 4.61. The van der Waals surface area contributed by atoms with Crippen LogP contribution < -0.4 is 4.72 Å². The molecule has 0 aliphatic carbocycles. The summed E-state index contributed by atoms with van der Waals surface area (Å²) < 4.78 is 24.4. The SMILES string of the molecule is CS(=O)(=O)Nc1cc(C(O)CBr)ccc1Cl. The van der Waals surface area contributed by atoms with Crippen molar-refractivity contribution in [3.63, 3.8) is 0 Å². The van der Waals surface area contributed by atoms with E-state index in [1.165, 1.54) is 12.1 Å². The maximum absolute atomic E-state index is 11.1. The van der Waals surface area contributed by atoms with E-state index in [-0.39, 0.29) is 10.7 Å². The summed E-state index contributed by atoms with van der Waals surface area (Å²) in [6.07, 6.45) is 0.342. The smallest absolute Gasteiger partial charge is 0.229 e. The number of rotatable bonds is 4. The van der Waals surface area contributed by atoms with Crippen molar-refractivity contribution in [2.24, 2.45) is 0 Å². The van der Waals surface area contributed by atoms with Crippen molar-refractivity contribution >= 4 is 43.2 Å². The van der Waals surface area contributed by atoms with Gasteiger partial charge in [-0.2, -0.15) is 0 Å². The largest absolute Gasteiger partial charge is 0.388 e. The highest BCUT2D eigenvalue weighted by atomic mass is 79.9. The van der Waals surface area contributed by atoms with E-state index in [4.69, 9.17) is 11.6 Å². The summed E-state index contributed by atoms with van der Waals surface area (Å²) in [6, 6.07) is 4.69. The second-order valence-corrected chi connectivity index (χ2v) is 6.09. The molecule has 1 unspecified atom stereocenters. The average Bonchev–Trinajstić information content (AvgIpc) is 2.18. The molecule has 0 aromatic heterocycles. The first-order valence-electron chi connectivity index (χ1n) is 4.35. The molecule has 4 nitrogen and oxygen atoms in total. The standard InChI is InChI=1S/C9H11BrClNO3S/c1-16(14,15)12-8-4-6(9(13)5-10)2-3-7(8)11/h2-4,9,12-13H,5H2,1H3. The molecular weight excluding hydrogens is 318 g/mol. The van der Waals surface area contributed by atoms with E-state index in [1.54, 1.807) is 6.07 Å². The number of nitrogens with one attached hydrogen (secondary N) is 1. The Morgan fingerprint density at radius 1 is 1.56 bits per heavy atom. The van der Waals surface area contributed by atoms with Crippen LogP contribution in [0.25, 0.3) is 0 Å². The highest BCUT2D eigenvalue weighted by molar-refractivity contribution is 9.09. The summed E-state index contributed by atoms with van der Waals surface area (Å²) in [4.78, 5) is 0. The Balaban J connectivity index is 3.09. The summed E-state index contributed by atoms with van der Waals surface area (Å²) in [5.41, 5.74) is 0.856. The van der Waals surface area contributed by atoms with Crippen LogP contribution in [0, 0.1) is 0 Å². The number of halogens is 2. The monoisotopic (exact) mass is 327 g/mol. The molecule has 1 aromatic carbocycles. The second kappa shape index (κ2) is 5.35. The van der Waals surface area contributed by atoms with Crippen LogP contribution in [0.4, 0.5) is 5.69 Å². The Bertz CT molecular complexity index is 478. The summed E-state index contributed by atoms with van der Waals surface area (Å²) in [5.74, 6) is 0. The molecule has 90 valence electrons. The van der Waals surface area contributed by atoms with E-state index in [1.807, 2.05) is 0 Å². The quantitative estimate of drug-likeness (QED) is 0.832. The molecule has 1 aromatic rings. The van der Waals surface area contributed by atoms with Gasteiger partial charge in [0.05, 0.1) is 23.1 Å². The van der Waals surface area contributed by atoms with E-state index < -0.39 is 16.1 Å². The molecule has 0 fully saturated rings. The van der Waals surface area contributed by atoms with Crippen LogP contribution in [0.3, 0.4) is 0 Å². The average molecular weight is 329 g/mol. The minimum atomic E-state index is -3.38. The molecule has 0 saturated carbocycles. The van der Waals surface area contributed by atoms with Gasteiger partial charge >= 0.3 is 0 Å². The molecule has 0 bridgehead atoms. The van der Waals surface area contributed by atoms with Crippen LogP contribution in [0.15, 0.2) is 18.2 Å². The van der Waals surface area contributed by atoms with E-state index in [0.29, 0.717) is 10.9 Å². The molecule has 0 aliphatic heterocycles. The maximum Gasteiger partial charge on any atom is 0.229 e. The van der Waals surface area contributed by atoms with Crippen LogP contribution >= 0.6 is 27.5 Å². The lowest BCUT2D eigenvalue weighted by Gasteiger charge is -2.11. The van der Waals surface area contributed by atoms with Crippen molar-refractivity contribution in [3.8, 4) is 0 Å². The number of aliphatic hydroxyl groups excluding tert-OH is 1. The first-order chi connectivity index (χ1) is 7.33. The van der Waals surface area contributed by atoms with Crippen LogP contribution in [-0.4, -0.2) is 25.1 Å². The van der Waals surface area contributed by atoms with Gasteiger partial charge in [-0.25, -0.2) is 8.42 Å².